The summed E-state index contributed by atoms with van der Waals surface area (Å²) in [6, 6.07) is 10.6. The molecular weight excluding hydrogens is 453 g/mol. The molecule has 0 aromatic heterocycles. The number of carbonyl (C=O) groups excluding carboxylic acids is 3. The SMILES string of the molecule is Cc1cc(C)cc(NC(=O)C2CC(=O)NC3NC(Nc4ccc(Cl)cc4Cl)NC(=O)C32)c1. The fourth-order valence-electron chi connectivity index (χ4n) is 4.20. The standard InChI is InChI=1S/C22H23Cl2N5O3/c1-10-5-11(2)7-13(6-10)25-20(31)14-9-17(30)27-19-18(14)21(32)29-22(28-19)26-16-4-3-12(23)8-15(16)24/h3-8,14,18-19,22,26,28H,9H2,1-2H3,(H,25,31)(H,27,30)(H,29,32). The van der Waals surface area contributed by atoms with Gasteiger partial charge in [-0.1, -0.05) is 29.3 Å². The highest BCUT2D eigenvalue weighted by molar-refractivity contribution is 6.36. The van der Waals surface area contributed by atoms with Gasteiger partial charge in [-0.15, -0.1) is 0 Å². The normalized spacial score (nSPS) is 24.8. The van der Waals surface area contributed by atoms with Crippen molar-refractivity contribution in [1.29, 1.82) is 0 Å². The van der Waals surface area contributed by atoms with Crippen molar-refractivity contribution < 1.29 is 14.4 Å². The lowest BCUT2D eigenvalue weighted by Gasteiger charge is -2.43. The number of amides is 3. The molecule has 32 heavy (non-hydrogen) atoms. The maximum Gasteiger partial charge on any atom is 0.229 e. The first kappa shape index (κ1) is 22.4. The fraction of sp³-hybridized carbons (Fsp3) is 0.318. The topological polar surface area (TPSA) is 111 Å². The molecule has 2 aliphatic rings. The Morgan fingerprint density at radius 2 is 1.75 bits per heavy atom. The number of hydrogen-bond acceptors (Lipinski definition) is 5. The van der Waals surface area contributed by atoms with E-state index in [1.54, 1.807) is 18.2 Å². The zero-order valence-corrected chi connectivity index (χ0v) is 19.0. The van der Waals surface area contributed by atoms with E-state index in [2.05, 4.69) is 26.6 Å². The second-order valence-electron chi connectivity index (χ2n) is 8.12. The zero-order chi connectivity index (χ0) is 23.0. The smallest absolute Gasteiger partial charge is 0.229 e. The van der Waals surface area contributed by atoms with Crippen LogP contribution in [0.1, 0.15) is 17.5 Å². The second kappa shape index (κ2) is 8.97. The molecule has 0 saturated carbocycles. The average molecular weight is 476 g/mol. The van der Waals surface area contributed by atoms with Gasteiger partial charge in [0.2, 0.25) is 17.7 Å². The minimum atomic E-state index is -0.817. The van der Waals surface area contributed by atoms with Gasteiger partial charge in [0.1, 0.15) is 0 Å². The van der Waals surface area contributed by atoms with Gasteiger partial charge in [0, 0.05) is 17.1 Å². The van der Waals surface area contributed by atoms with Crippen molar-refractivity contribution in [3.63, 3.8) is 0 Å². The van der Waals surface area contributed by atoms with Gasteiger partial charge in [-0.25, -0.2) is 0 Å². The lowest BCUT2D eigenvalue weighted by molar-refractivity contribution is -0.144. The van der Waals surface area contributed by atoms with Gasteiger partial charge in [0.05, 0.1) is 28.7 Å². The molecule has 3 amide bonds. The fourth-order valence-corrected chi connectivity index (χ4v) is 4.66. The Balaban J connectivity index is 1.50. The first-order valence-electron chi connectivity index (χ1n) is 10.2. The van der Waals surface area contributed by atoms with E-state index in [4.69, 9.17) is 23.2 Å². The van der Waals surface area contributed by atoms with Gasteiger partial charge in [-0.05, 0) is 55.3 Å². The molecule has 0 bridgehead atoms. The minimum absolute atomic E-state index is 0.0754. The summed E-state index contributed by atoms with van der Waals surface area (Å²) in [5.74, 6) is -2.61. The molecule has 0 aliphatic carbocycles. The monoisotopic (exact) mass is 475 g/mol. The first-order valence-corrected chi connectivity index (χ1v) is 10.9. The maximum absolute atomic E-state index is 13.0. The summed E-state index contributed by atoms with van der Waals surface area (Å²) in [5.41, 5.74) is 3.20. The highest BCUT2D eigenvalue weighted by atomic mass is 35.5. The molecule has 10 heteroatoms. The van der Waals surface area contributed by atoms with Crippen LogP contribution in [-0.2, 0) is 14.4 Å². The predicted octanol–water partition coefficient (Wildman–Crippen LogP) is 2.74. The summed E-state index contributed by atoms with van der Waals surface area (Å²) >= 11 is 12.1. The summed E-state index contributed by atoms with van der Waals surface area (Å²) in [4.78, 5) is 38.4. The van der Waals surface area contributed by atoms with E-state index in [0.29, 0.717) is 21.4 Å². The number of fused-ring (bicyclic) bond motifs is 1. The third-order valence-corrected chi connectivity index (χ3v) is 6.05. The van der Waals surface area contributed by atoms with Gasteiger partial charge in [-0.3, -0.25) is 19.7 Å². The summed E-state index contributed by atoms with van der Waals surface area (Å²) in [7, 11) is 0. The highest BCUT2D eigenvalue weighted by Crippen LogP contribution is 2.30. The maximum atomic E-state index is 13.0. The molecule has 4 rings (SSSR count). The summed E-state index contributed by atoms with van der Waals surface area (Å²) in [6.45, 7) is 3.87. The number of carbonyl (C=O) groups is 3. The Bertz CT molecular complexity index is 1070. The molecule has 2 aromatic carbocycles. The Kier molecular flexibility index (Phi) is 6.28. The highest BCUT2D eigenvalue weighted by Gasteiger charge is 2.48. The van der Waals surface area contributed by atoms with Crippen LogP contribution >= 0.6 is 23.2 Å². The van der Waals surface area contributed by atoms with Gasteiger partial charge in [0.15, 0.2) is 6.29 Å². The predicted molar refractivity (Wildman–Crippen MR) is 123 cm³/mol. The molecule has 8 nitrogen and oxygen atoms in total. The van der Waals surface area contributed by atoms with Gasteiger partial charge >= 0.3 is 0 Å². The van der Waals surface area contributed by atoms with E-state index < -0.39 is 24.3 Å². The van der Waals surface area contributed by atoms with Crippen LogP contribution in [0, 0.1) is 25.7 Å². The molecule has 0 spiro atoms. The van der Waals surface area contributed by atoms with E-state index >= 15 is 0 Å². The molecule has 0 radical (unpaired) electrons. The number of rotatable bonds is 4. The largest absolute Gasteiger partial charge is 0.352 e. The Morgan fingerprint density at radius 1 is 1.03 bits per heavy atom. The van der Waals surface area contributed by atoms with E-state index in [1.807, 2.05) is 32.0 Å². The van der Waals surface area contributed by atoms with Gasteiger partial charge < -0.3 is 21.3 Å². The average Bonchev–Trinajstić information content (AvgIpc) is 2.68. The van der Waals surface area contributed by atoms with Crippen molar-refractivity contribution >= 4 is 52.3 Å². The van der Waals surface area contributed by atoms with Crippen LogP contribution < -0.4 is 26.6 Å². The van der Waals surface area contributed by atoms with Gasteiger partial charge in [0.25, 0.3) is 0 Å². The third kappa shape index (κ3) is 4.82. The molecule has 2 aromatic rings. The van der Waals surface area contributed by atoms with E-state index in [0.717, 1.165) is 11.1 Å². The number of anilines is 2. The van der Waals surface area contributed by atoms with Crippen molar-refractivity contribution in [2.75, 3.05) is 10.6 Å². The van der Waals surface area contributed by atoms with Crippen LogP contribution in [0.3, 0.4) is 0 Å². The Morgan fingerprint density at radius 3 is 2.44 bits per heavy atom. The molecule has 4 atom stereocenters. The summed E-state index contributed by atoms with van der Waals surface area (Å²) in [5, 5.41) is 15.5. The lowest BCUT2D eigenvalue weighted by atomic mass is 9.81. The van der Waals surface area contributed by atoms with Crippen LogP contribution in [0.5, 0.6) is 0 Å². The van der Waals surface area contributed by atoms with Crippen molar-refractivity contribution in [3.05, 3.63) is 57.6 Å². The number of piperidine rings is 1. The van der Waals surface area contributed by atoms with Crippen LogP contribution in [-0.4, -0.2) is 30.2 Å². The second-order valence-corrected chi connectivity index (χ2v) is 8.97. The van der Waals surface area contributed by atoms with Crippen LogP contribution in [0.4, 0.5) is 11.4 Å². The molecule has 4 unspecified atom stereocenters. The Hall–Kier alpha value is -2.81. The van der Waals surface area contributed by atoms with E-state index in [1.165, 1.54) is 0 Å². The first-order chi connectivity index (χ1) is 15.2. The van der Waals surface area contributed by atoms with Crippen LogP contribution in [0.15, 0.2) is 36.4 Å². The van der Waals surface area contributed by atoms with Crippen LogP contribution in [0.2, 0.25) is 10.0 Å². The molecule has 168 valence electrons. The molecule has 2 saturated heterocycles. The summed E-state index contributed by atoms with van der Waals surface area (Å²) in [6.07, 6.45) is -1.50. The van der Waals surface area contributed by atoms with Crippen molar-refractivity contribution in [2.45, 2.75) is 32.7 Å². The molecule has 5 N–H and O–H groups in total. The molecule has 2 aliphatic heterocycles. The number of aryl methyl sites for hydroxylation is 2. The molecular formula is C22H23Cl2N5O3. The number of halogens is 2. The van der Waals surface area contributed by atoms with Crippen molar-refractivity contribution in [1.82, 2.24) is 16.0 Å². The van der Waals surface area contributed by atoms with E-state index in [9.17, 15) is 14.4 Å². The number of benzene rings is 2. The van der Waals surface area contributed by atoms with E-state index in [-0.39, 0.29) is 24.1 Å². The van der Waals surface area contributed by atoms with Crippen molar-refractivity contribution in [2.24, 2.45) is 11.8 Å². The molecule has 2 heterocycles. The van der Waals surface area contributed by atoms with Gasteiger partial charge in [-0.2, -0.15) is 0 Å². The Labute approximate surface area is 195 Å². The number of hydrogen-bond donors (Lipinski definition) is 5. The lowest BCUT2D eigenvalue weighted by Crippen LogP contribution is -2.72. The third-order valence-electron chi connectivity index (χ3n) is 5.51. The summed E-state index contributed by atoms with van der Waals surface area (Å²) < 4.78 is 0. The van der Waals surface area contributed by atoms with Crippen molar-refractivity contribution in [3.8, 4) is 0 Å². The van der Waals surface area contributed by atoms with Crippen LogP contribution in [0.25, 0.3) is 0 Å². The zero-order valence-electron chi connectivity index (χ0n) is 17.5. The number of nitrogens with one attached hydrogen (secondary N) is 5. The molecule has 2 fully saturated rings. The minimum Gasteiger partial charge on any atom is -0.352 e. The quantitative estimate of drug-likeness (QED) is 0.466.